The topological polar surface area (TPSA) is 60.9 Å². The number of hydrogen-bond acceptors (Lipinski definition) is 5. The van der Waals surface area contributed by atoms with Crippen LogP contribution in [-0.2, 0) is 21.4 Å². The minimum absolute atomic E-state index is 0.109. The first-order valence-corrected chi connectivity index (χ1v) is 13.2. The second-order valence-corrected chi connectivity index (χ2v) is 12.0. The van der Waals surface area contributed by atoms with Crippen LogP contribution in [0.4, 0.5) is 0 Å². The summed E-state index contributed by atoms with van der Waals surface area (Å²) in [7, 11) is -3.51. The summed E-state index contributed by atoms with van der Waals surface area (Å²) in [4.78, 5) is 18.5. The molecule has 8 heteroatoms. The normalized spacial score (nSPS) is 21.4. The van der Waals surface area contributed by atoms with Crippen LogP contribution >= 0.6 is 11.3 Å². The third kappa shape index (κ3) is 5.03. The van der Waals surface area contributed by atoms with Gasteiger partial charge in [0, 0.05) is 50.7 Å². The second-order valence-electron chi connectivity index (χ2n) is 8.60. The Morgan fingerprint density at radius 2 is 1.77 bits per heavy atom. The number of piperazine rings is 1. The monoisotopic (exact) mass is 461 g/mol. The van der Waals surface area contributed by atoms with Gasteiger partial charge in [0.15, 0.2) is 0 Å². The van der Waals surface area contributed by atoms with E-state index in [9.17, 15) is 13.2 Å². The first-order valence-electron chi connectivity index (χ1n) is 11.0. The van der Waals surface area contributed by atoms with Crippen LogP contribution in [0.5, 0.6) is 0 Å². The zero-order chi connectivity index (χ0) is 22.0. The molecule has 0 spiro atoms. The third-order valence-electron chi connectivity index (χ3n) is 6.38. The first kappa shape index (κ1) is 22.5. The van der Waals surface area contributed by atoms with Crippen LogP contribution in [0, 0.1) is 19.8 Å². The molecule has 0 bridgehead atoms. The van der Waals surface area contributed by atoms with E-state index in [0.29, 0.717) is 30.4 Å². The molecule has 2 fully saturated rings. The molecular formula is C23H31N3O3S2. The molecule has 1 unspecified atom stereocenters. The number of thiophene rings is 1. The van der Waals surface area contributed by atoms with Gasteiger partial charge in [0.1, 0.15) is 4.21 Å². The standard InChI is InChI=1S/C23H31N3O3S2/c1-18-6-3-4-7-20(18)16-24-12-14-25(15-13-24)23(27)21-8-5-11-26(17-21)31(28,29)22-10-9-19(2)30-22/h3-4,6-7,9-10,21H,5,8,11-17H2,1-2H3. The molecule has 0 aliphatic carbocycles. The van der Waals surface area contributed by atoms with Gasteiger partial charge in [0.25, 0.3) is 10.0 Å². The lowest BCUT2D eigenvalue weighted by Crippen LogP contribution is -2.52. The molecule has 6 nitrogen and oxygen atoms in total. The van der Waals surface area contributed by atoms with Crippen molar-refractivity contribution in [3.63, 3.8) is 0 Å². The van der Waals surface area contributed by atoms with E-state index < -0.39 is 10.0 Å². The van der Waals surface area contributed by atoms with Gasteiger partial charge >= 0.3 is 0 Å². The molecule has 31 heavy (non-hydrogen) atoms. The van der Waals surface area contributed by atoms with Gasteiger partial charge in [0.2, 0.25) is 5.91 Å². The molecule has 2 aromatic rings. The summed E-state index contributed by atoms with van der Waals surface area (Å²) < 4.78 is 27.9. The van der Waals surface area contributed by atoms with Crippen molar-refractivity contribution in [2.45, 2.75) is 37.4 Å². The Hall–Kier alpha value is -1.74. The summed E-state index contributed by atoms with van der Waals surface area (Å²) in [5.41, 5.74) is 2.63. The van der Waals surface area contributed by atoms with Gasteiger partial charge in [-0.1, -0.05) is 24.3 Å². The minimum Gasteiger partial charge on any atom is -0.340 e. The molecule has 1 atom stereocenters. The second kappa shape index (κ2) is 9.40. The Balaban J connectivity index is 1.34. The lowest BCUT2D eigenvalue weighted by molar-refractivity contribution is -0.138. The lowest BCUT2D eigenvalue weighted by atomic mass is 9.97. The molecule has 1 amide bonds. The number of nitrogens with zero attached hydrogens (tertiary/aromatic N) is 3. The van der Waals surface area contributed by atoms with Crippen molar-refractivity contribution >= 4 is 27.3 Å². The third-order valence-corrected chi connectivity index (χ3v) is 9.72. The van der Waals surface area contributed by atoms with Crippen LogP contribution < -0.4 is 0 Å². The number of amides is 1. The Bertz CT molecular complexity index is 1030. The molecule has 168 valence electrons. The number of hydrogen-bond donors (Lipinski definition) is 0. The summed E-state index contributed by atoms with van der Waals surface area (Å²) in [6.07, 6.45) is 1.49. The first-order chi connectivity index (χ1) is 14.8. The van der Waals surface area contributed by atoms with Gasteiger partial charge < -0.3 is 4.90 Å². The molecule has 0 saturated carbocycles. The predicted octanol–water partition coefficient (Wildman–Crippen LogP) is 3.11. The maximum absolute atomic E-state index is 13.2. The number of carbonyl (C=O) groups excluding carboxylic acids is 1. The number of rotatable bonds is 5. The van der Waals surface area contributed by atoms with E-state index in [1.807, 2.05) is 17.9 Å². The summed E-state index contributed by atoms with van der Waals surface area (Å²) >= 11 is 1.30. The van der Waals surface area contributed by atoms with E-state index in [0.717, 1.165) is 37.4 Å². The smallest absolute Gasteiger partial charge is 0.252 e. The van der Waals surface area contributed by atoms with Gasteiger partial charge in [-0.15, -0.1) is 11.3 Å². The van der Waals surface area contributed by atoms with Crippen molar-refractivity contribution in [3.8, 4) is 0 Å². The maximum atomic E-state index is 13.2. The molecule has 0 N–H and O–H groups in total. The van der Waals surface area contributed by atoms with Crippen molar-refractivity contribution in [1.29, 1.82) is 0 Å². The summed E-state index contributed by atoms with van der Waals surface area (Å²) in [6, 6.07) is 11.9. The van der Waals surface area contributed by atoms with Crippen molar-refractivity contribution in [2.24, 2.45) is 5.92 Å². The Morgan fingerprint density at radius 1 is 1.03 bits per heavy atom. The van der Waals surface area contributed by atoms with E-state index in [-0.39, 0.29) is 11.8 Å². The van der Waals surface area contributed by atoms with Crippen molar-refractivity contribution in [3.05, 3.63) is 52.4 Å². The molecule has 0 radical (unpaired) electrons. The van der Waals surface area contributed by atoms with Crippen LogP contribution in [0.2, 0.25) is 0 Å². The predicted molar refractivity (Wildman–Crippen MR) is 124 cm³/mol. The maximum Gasteiger partial charge on any atom is 0.252 e. The molecule has 4 rings (SSSR count). The summed E-state index contributed by atoms with van der Waals surface area (Å²) in [6.45, 7) is 8.85. The van der Waals surface area contributed by atoms with E-state index in [1.165, 1.54) is 26.8 Å². The highest BCUT2D eigenvalue weighted by atomic mass is 32.2. The quantitative estimate of drug-likeness (QED) is 0.687. The van der Waals surface area contributed by atoms with E-state index in [2.05, 4.69) is 36.1 Å². The molecule has 2 saturated heterocycles. The molecule has 3 heterocycles. The van der Waals surface area contributed by atoms with Crippen molar-refractivity contribution in [1.82, 2.24) is 14.1 Å². The van der Waals surface area contributed by atoms with Crippen LogP contribution in [0.3, 0.4) is 0 Å². The number of aryl methyl sites for hydroxylation is 2. The molecule has 1 aromatic heterocycles. The highest BCUT2D eigenvalue weighted by Crippen LogP contribution is 2.29. The number of benzene rings is 1. The minimum atomic E-state index is -3.51. The molecule has 2 aliphatic heterocycles. The molecule has 2 aliphatic rings. The van der Waals surface area contributed by atoms with Gasteiger partial charge in [0.05, 0.1) is 5.92 Å². The highest BCUT2D eigenvalue weighted by molar-refractivity contribution is 7.91. The number of piperidine rings is 1. The number of sulfonamides is 1. The fraction of sp³-hybridized carbons (Fsp3) is 0.522. The van der Waals surface area contributed by atoms with Crippen molar-refractivity contribution in [2.75, 3.05) is 39.3 Å². The average Bonchev–Trinajstić information content (AvgIpc) is 3.23. The van der Waals surface area contributed by atoms with Gasteiger partial charge in [-0.2, -0.15) is 4.31 Å². The number of carbonyl (C=O) groups is 1. The van der Waals surface area contributed by atoms with Crippen LogP contribution in [-0.4, -0.2) is 67.7 Å². The largest absolute Gasteiger partial charge is 0.340 e. The van der Waals surface area contributed by atoms with Crippen molar-refractivity contribution < 1.29 is 13.2 Å². The summed E-state index contributed by atoms with van der Waals surface area (Å²) in [5, 5.41) is 0. The fourth-order valence-electron chi connectivity index (χ4n) is 4.45. The van der Waals surface area contributed by atoms with Crippen LogP contribution in [0.1, 0.15) is 28.8 Å². The highest BCUT2D eigenvalue weighted by Gasteiger charge is 2.36. The summed E-state index contributed by atoms with van der Waals surface area (Å²) in [5.74, 6) is -0.134. The Morgan fingerprint density at radius 3 is 2.45 bits per heavy atom. The van der Waals surface area contributed by atoms with Gasteiger partial charge in [-0.05, 0) is 49.9 Å². The average molecular weight is 462 g/mol. The Labute approximate surface area is 189 Å². The zero-order valence-electron chi connectivity index (χ0n) is 18.3. The van der Waals surface area contributed by atoms with E-state index in [4.69, 9.17) is 0 Å². The van der Waals surface area contributed by atoms with Crippen LogP contribution in [0.25, 0.3) is 0 Å². The SMILES string of the molecule is Cc1ccc(S(=O)(=O)N2CCCC(C(=O)N3CCN(Cc4ccccc4C)CC3)C2)s1. The van der Waals surface area contributed by atoms with Gasteiger partial charge in [-0.3, -0.25) is 9.69 Å². The fourth-order valence-corrected chi connectivity index (χ4v) is 7.41. The lowest BCUT2D eigenvalue weighted by Gasteiger charge is -2.38. The molecular weight excluding hydrogens is 430 g/mol. The van der Waals surface area contributed by atoms with Crippen LogP contribution in [0.15, 0.2) is 40.6 Å². The zero-order valence-corrected chi connectivity index (χ0v) is 19.9. The molecule has 1 aromatic carbocycles. The Kier molecular flexibility index (Phi) is 6.81. The van der Waals surface area contributed by atoms with Gasteiger partial charge in [-0.25, -0.2) is 8.42 Å². The van der Waals surface area contributed by atoms with E-state index >= 15 is 0 Å². The van der Waals surface area contributed by atoms with E-state index in [1.54, 1.807) is 6.07 Å².